The van der Waals surface area contributed by atoms with Gasteiger partial charge in [-0.05, 0) is 46.3 Å². The highest BCUT2D eigenvalue weighted by atomic mass is 79.9. The van der Waals surface area contributed by atoms with Crippen LogP contribution >= 0.6 is 27.7 Å². The van der Waals surface area contributed by atoms with Crippen LogP contribution in [0.25, 0.3) is 0 Å². The predicted molar refractivity (Wildman–Crippen MR) is 79.4 cm³/mol. The van der Waals surface area contributed by atoms with Crippen LogP contribution in [-0.2, 0) is 0 Å². The topological polar surface area (TPSA) is 26.0 Å². The fourth-order valence-electron chi connectivity index (χ4n) is 2.44. The van der Waals surface area contributed by atoms with E-state index in [9.17, 15) is 0 Å². The Labute approximate surface area is 117 Å². The minimum Gasteiger partial charge on any atom is -0.326 e. The van der Waals surface area contributed by atoms with Crippen molar-refractivity contribution < 1.29 is 0 Å². The molecule has 2 rings (SSSR count). The Morgan fingerprint density at radius 3 is 2.76 bits per heavy atom. The summed E-state index contributed by atoms with van der Waals surface area (Å²) in [6, 6.07) is 8.70. The molecule has 2 atom stereocenters. The molecule has 3 heteroatoms. The predicted octanol–water partition coefficient (Wildman–Crippen LogP) is 4.45. The zero-order valence-electron chi connectivity index (χ0n) is 10.4. The first-order valence-electron chi connectivity index (χ1n) is 6.17. The van der Waals surface area contributed by atoms with Crippen molar-refractivity contribution in [1.82, 2.24) is 0 Å². The standard InChI is InChI=1S/C14H20BrNS/c1-14(2)9-5-8-12(13(14)16)17-11-7-4-3-6-10(11)15/h3-4,6-7,12-13H,5,8-9,16H2,1-2H3. The molecule has 0 amide bonds. The van der Waals surface area contributed by atoms with E-state index in [1.54, 1.807) is 0 Å². The number of halogens is 1. The van der Waals surface area contributed by atoms with Gasteiger partial charge in [0.2, 0.25) is 0 Å². The summed E-state index contributed by atoms with van der Waals surface area (Å²) >= 11 is 5.54. The fourth-order valence-corrected chi connectivity index (χ4v) is 4.47. The molecule has 0 spiro atoms. The quantitative estimate of drug-likeness (QED) is 0.873. The van der Waals surface area contributed by atoms with E-state index in [-0.39, 0.29) is 11.5 Å². The third-order valence-corrected chi connectivity index (χ3v) is 6.12. The molecule has 1 nitrogen and oxygen atoms in total. The van der Waals surface area contributed by atoms with Gasteiger partial charge < -0.3 is 5.73 Å². The maximum Gasteiger partial charge on any atom is 0.0311 e. The van der Waals surface area contributed by atoms with Gasteiger partial charge in [0.15, 0.2) is 0 Å². The summed E-state index contributed by atoms with van der Waals surface area (Å²) in [5.41, 5.74) is 6.69. The number of rotatable bonds is 2. The van der Waals surface area contributed by atoms with Gasteiger partial charge in [0, 0.05) is 20.7 Å². The Hall–Kier alpha value is 0.01000. The lowest BCUT2D eigenvalue weighted by Crippen LogP contribution is -2.48. The van der Waals surface area contributed by atoms with Crippen LogP contribution < -0.4 is 5.73 Å². The highest BCUT2D eigenvalue weighted by Crippen LogP contribution is 2.43. The minimum atomic E-state index is 0.275. The SMILES string of the molecule is CC1(C)CCCC(Sc2ccccc2Br)C1N. The van der Waals surface area contributed by atoms with E-state index in [1.807, 2.05) is 11.8 Å². The summed E-state index contributed by atoms with van der Waals surface area (Å²) in [5.74, 6) is 0. The first kappa shape index (κ1) is 13.4. The van der Waals surface area contributed by atoms with Gasteiger partial charge in [-0.2, -0.15) is 0 Å². The van der Waals surface area contributed by atoms with Gasteiger partial charge in [0.05, 0.1) is 0 Å². The second kappa shape index (κ2) is 5.33. The van der Waals surface area contributed by atoms with E-state index < -0.39 is 0 Å². The molecule has 1 saturated carbocycles. The molecule has 1 aromatic rings. The highest BCUT2D eigenvalue weighted by Gasteiger charge is 2.36. The van der Waals surface area contributed by atoms with E-state index in [2.05, 4.69) is 54.0 Å². The third-order valence-electron chi connectivity index (χ3n) is 3.73. The van der Waals surface area contributed by atoms with Gasteiger partial charge in [0.1, 0.15) is 0 Å². The van der Waals surface area contributed by atoms with Gasteiger partial charge in [-0.3, -0.25) is 0 Å². The van der Waals surface area contributed by atoms with Crippen molar-refractivity contribution in [2.45, 2.75) is 49.3 Å². The Morgan fingerprint density at radius 1 is 1.35 bits per heavy atom. The second-order valence-electron chi connectivity index (χ2n) is 5.49. The molecule has 0 saturated heterocycles. The first-order chi connectivity index (χ1) is 8.00. The monoisotopic (exact) mass is 313 g/mol. The van der Waals surface area contributed by atoms with Gasteiger partial charge in [-0.25, -0.2) is 0 Å². The molecule has 1 aliphatic carbocycles. The molecule has 1 fully saturated rings. The number of nitrogens with two attached hydrogens (primary N) is 1. The van der Waals surface area contributed by atoms with Crippen molar-refractivity contribution in [3.63, 3.8) is 0 Å². The molecule has 94 valence electrons. The Kier molecular flexibility index (Phi) is 4.22. The molecule has 0 aromatic heterocycles. The van der Waals surface area contributed by atoms with Crippen molar-refractivity contribution in [3.8, 4) is 0 Å². The van der Waals surface area contributed by atoms with Crippen LogP contribution in [-0.4, -0.2) is 11.3 Å². The van der Waals surface area contributed by atoms with Crippen molar-refractivity contribution in [2.75, 3.05) is 0 Å². The fraction of sp³-hybridized carbons (Fsp3) is 0.571. The van der Waals surface area contributed by atoms with Gasteiger partial charge >= 0.3 is 0 Å². The molecule has 0 heterocycles. The van der Waals surface area contributed by atoms with Crippen molar-refractivity contribution in [3.05, 3.63) is 28.7 Å². The van der Waals surface area contributed by atoms with Crippen molar-refractivity contribution in [2.24, 2.45) is 11.1 Å². The van der Waals surface area contributed by atoms with Crippen LogP contribution in [0.5, 0.6) is 0 Å². The maximum absolute atomic E-state index is 6.42. The van der Waals surface area contributed by atoms with Crippen molar-refractivity contribution in [1.29, 1.82) is 0 Å². The van der Waals surface area contributed by atoms with Crippen molar-refractivity contribution >= 4 is 27.7 Å². The van der Waals surface area contributed by atoms with E-state index in [0.29, 0.717) is 5.25 Å². The molecular weight excluding hydrogens is 294 g/mol. The van der Waals surface area contributed by atoms with Crippen LogP contribution in [0.4, 0.5) is 0 Å². The van der Waals surface area contributed by atoms with Gasteiger partial charge in [-0.1, -0.05) is 32.4 Å². The summed E-state index contributed by atoms with van der Waals surface area (Å²) in [4.78, 5) is 1.31. The highest BCUT2D eigenvalue weighted by molar-refractivity contribution is 9.10. The molecule has 1 aromatic carbocycles. The summed E-state index contributed by atoms with van der Waals surface area (Å²) in [6.07, 6.45) is 3.78. The lowest BCUT2D eigenvalue weighted by molar-refractivity contribution is 0.208. The molecule has 0 bridgehead atoms. The molecule has 0 aliphatic heterocycles. The summed E-state index contributed by atoms with van der Waals surface area (Å²) in [7, 11) is 0. The molecular formula is C14H20BrNS. The molecule has 0 radical (unpaired) electrons. The van der Waals surface area contributed by atoms with E-state index >= 15 is 0 Å². The molecule has 2 N–H and O–H groups in total. The molecule has 17 heavy (non-hydrogen) atoms. The van der Waals surface area contributed by atoms with Gasteiger partial charge in [-0.15, -0.1) is 11.8 Å². The van der Waals surface area contributed by atoms with E-state index in [0.717, 1.165) is 0 Å². The number of thioether (sulfide) groups is 1. The van der Waals surface area contributed by atoms with Crippen LogP contribution in [0.15, 0.2) is 33.6 Å². The Bertz CT molecular complexity index is 392. The lowest BCUT2D eigenvalue weighted by atomic mass is 9.73. The van der Waals surface area contributed by atoms with Crippen LogP contribution in [0.1, 0.15) is 33.1 Å². The average Bonchev–Trinajstić information content (AvgIpc) is 2.28. The van der Waals surface area contributed by atoms with Crippen LogP contribution in [0.2, 0.25) is 0 Å². The Balaban J connectivity index is 2.11. The van der Waals surface area contributed by atoms with E-state index in [4.69, 9.17) is 5.73 Å². The largest absolute Gasteiger partial charge is 0.326 e. The van der Waals surface area contributed by atoms with Crippen LogP contribution in [0.3, 0.4) is 0 Å². The second-order valence-corrected chi connectivity index (χ2v) is 7.63. The normalized spacial score (nSPS) is 28.0. The molecule has 2 unspecified atom stereocenters. The summed E-state index contributed by atoms with van der Waals surface area (Å²) in [5, 5.41) is 0.539. The van der Waals surface area contributed by atoms with Gasteiger partial charge in [0.25, 0.3) is 0 Å². The maximum atomic E-state index is 6.42. The smallest absolute Gasteiger partial charge is 0.0311 e. The number of benzene rings is 1. The van der Waals surface area contributed by atoms with Crippen LogP contribution in [0, 0.1) is 5.41 Å². The number of hydrogen-bond acceptors (Lipinski definition) is 2. The Morgan fingerprint density at radius 2 is 2.06 bits per heavy atom. The summed E-state index contributed by atoms with van der Waals surface area (Å²) in [6.45, 7) is 4.59. The zero-order valence-corrected chi connectivity index (χ0v) is 12.9. The third kappa shape index (κ3) is 3.07. The summed E-state index contributed by atoms with van der Waals surface area (Å²) < 4.78 is 1.18. The zero-order chi connectivity index (χ0) is 12.5. The average molecular weight is 314 g/mol. The minimum absolute atomic E-state index is 0.275. The molecule has 1 aliphatic rings. The van der Waals surface area contributed by atoms with E-state index in [1.165, 1.54) is 28.6 Å². The lowest BCUT2D eigenvalue weighted by Gasteiger charge is -2.41. The first-order valence-corrected chi connectivity index (χ1v) is 7.85. The number of hydrogen-bond donors (Lipinski definition) is 1.